The Balaban J connectivity index is 1.93. The Kier molecular flexibility index (Phi) is 3.23. The molecule has 2 aliphatic heterocycles. The number of likely N-dealkylation sites (tertiary alicyclic amines) is 1. The maximum absolute atomic E-state index is 11.8. The van der Waals surface area contributed by atoms with Crippen LogP contribution in [-0.4, -0.2) is 48.1 Å². The van der Waals surface area contributed by atoms with Gasteiger partial charge in [0, 0.05) is 19.7 Å². The van der Waals surface area contributed by atoms with Gasteiger partial charge in [-0.1, -0.05) is 0 Å². The molecule has 0 saturated carbocycles. The first kappa shape index (κ1) is 12.5. The first-order valence-corrected chi connectivity index (χ1v) is 6.09. The summed E-state index contributed by atoms with van der Waals surface area (Å²) in [6.45, 7) is 4.80. The van der Waals surface area contributed by atoms with E-state index in [9.17, 15) is 9.59 Å². The van der Waals surface area contributed by atoms with Crippen molar-refractivity contribution in [2.45, 2.75) is 50.8 Å². The van der Waals surface area contributed by atoms with Crippen LogP contribution in [-0.2, 0) is 14.3 Å². The van der Waals surface area contributed by atoms with Crippen molar-refractivity contribution < 1.29 is 14.3 Å². The van der Waals surface area contributed by atoms with E-state index in [0.717, 1.165) is 12.8 Å². The van der Waals surface area contributed by atoms with Gasteiger partial charge in [-0.05, 0) is 26.7 Å². The highest BCUT2D eigenvalue weighted by molar-refractivity contribution is 6.05. The van der Waals surface area contributed by atoms with Crippen molar-refractivity contribution >= 4 is 11.8 Å². The molecule has 2 heterocycles. The van der Waals surface area contributed by atoms with Gasteiger partial charge in [-0.25, -0.2) is 0 Å². The van der Waals surface area contributed by atoms with Gasteiger partial charge in [0.2, 0.25) is 11.8 Å². The summed E-state index contributed by atoms with van der Waals surface area (Å²) in [7, 11) is 1.54. The van der Waals surface area contributed by atoms with Crippen molar-refractivity contribution in [3.8, 4) is 0 Å². The summed E-state index contributed by atoms with van der Waals surface area (Å²) >= 11 is 0. The van der Waals surface area contributed by atoms with Crippen LogP contribution in [0.2, 0.25) is 0 Å². The molecular formula is C12H20N2O3. The Morgan fingerprint density at radius 1 is 1.41 bits per heavy atom. The third-order valence-electron chi connectivity index (χ3n) is 3.52. The van der Waals surface area contributed by atoms with Gasteiger partial charge < -0.3 is 10.1 Å². The van der Waals surface area contributed by atoms with Gasteiger partial charge in [0.05, 0.1) is 18.1 Å². The summed E-state index contributed by atoms with van der Waals surface area (Å²) in [4.78, 5) is 24.4. The highest BCUT2D eigenvalue weighted by atomic mass is 16.5. The van der Waals surface area contributed by atoms with Gasteiger partial charge in [-0.2, -0.15) is 0 Å². The van der Waals surface area contributed by atoms with Crippen LogP contribution in [0, 0.1) is 0 Å². The number of likely N-dealkylation sites (N-methyl/N-ethyl adjacent to an activating group) is 1. The summed E-state index contributed by atoms with van der Waals surface area (Å²) in [6, 6.07) is -0.0848. The normalized spacial score (nSPS) is 33.2. The third kappa shape index (κ3) is 2.66. The number of imide groups is 1. The predicted octanol–water partition coefficient (Wildman–Crippen LogP) is 0.291. The molecule has 0 spiro atoms. The van der Waals surface area contributed by atoms with E-state index in [0.29, 0.717) is 6.61 Å². The first-order chi connectivity index (χ1) is 7.89. The molecule has 5 heteroatoms. The molecule has 0 aromatic carbocycles. The van der Waals surface area contributed by atoms with Crippen LogP contribution in [0.1, 0.15) is 33.1 Å². The molecule has 2 fully saturated rings. The number of hydrogen-bond acceptors (Lipinski definition) is 4. The van der Waals surface area contributed by atoms with Crippen molar-refractivity contribution in [2.24, 2.45) is 0 Å². The molecule has 2 rings (SSSR count). The standard InChI is InChI=1S/C12H20N2O3/c1-12(2)7-8(4-5-17-12)13-9-6-10(15)14(3)11(9)16/h8-9,13H,4-7H2,1-3H3. The molecule has 0 aromatic rings. The molecule has 0 radical (unpaired) electrons. The van der Waals surface area contributed by atoms with E-state index in [2.05, 4.69) is 19.2 Å². The summed E-state index contributed by atoms with van der Waals surface area (Å²) in [6.07, 6.45) is 2.05. The smallest absolute Gasteiger partial charge is 0.246 e. The maximum atomic E-state index is 11.8. The number of nitrogens with zero attached hydrogens (tertiary/aromatic N) is 1. The van der Waals surface area contributed by atoms with Crippen LogP contribution >= 0.6 is 0 Å². The molecule has 5 nitrogen and oxygen atoms in total. The molecule has 2 amide bonds. The van der Waals surface area contributed by atoms with Gasteiger partial charge in [0.1, 0.15) is 0 Å². The monoisotopic (exact) mass is 240 g/mol. The van der Waals surface area contributed by atoms with Crippen molar-refractivity contribution in [1.82, 2.24) is 10.2 Å². The molecule has 2 unspecified atom stereocenters. The second-order valence-electron chi connectivity index (χ2n) is 5.51. The van der Waals surface area contributed by atoms with Crippen molar-refractivity contribution in [3.05, 3.63) is 0 Å². The molecule has 0 aliphatic carbocycles. The van der Waals surface area contributed by atoms with E-state index in [4.69, 9.17) is 4.74 Å². The largest absolute Gasteiger partial charge is 0.375 e. The summed E-state index contributed by atoms with van der Waals surface area (Å²) in [5.41, 5.74) is -0.145. The Morgan fingerprint density at radius 3 is 2.65 bits per heavy atom. The van der Waals surface area contributed by atoms with E-state index in [1.54, 1.807) is 7.05 Å². The number of nitrogens with one attached hydrogen (secondary N) is 1. The summed E-state index contributed by atoms with van der Waals surface area (Å²) < 4.78 is 5.63. The Bertz CT molecular complexity index is 341. The fourth-order valence-corrected chi connectivity index (χ4v) is 2.54. The van der Waals surface area contributed by atoms with E-state index in [1.807, 2.05) is 0 Å². The maximum Gasteiger partial charge on any atom is 0.246 e. The van der Waals surface area contributed by atoms with Gasteiger partial charge in [0.25, 0.3) is 0 Å². The number of rotatable bonds is 2. The minimum Gasteiger partial charge on any atom is -0.375 e. The Labute approximate surface area is 101 Å². The minimum atomic E-state index is -0.341. The fraction of sp³-hybridized carbons (Fsp3) is 0.833. The van der Waals surface area contributed by atoms with Gasteiger partial charge >= 0.3 is 0 Å². The average Bonchev–Trinajstić information content (AvgIpc) is 2.45. The highest BCUT2D eigenvalue weighted by Crippen LogP contribution is 2.25. The predicted molar refractivity (Wildman–Crippen MR) is 62.4 cm³/mol. The van der Waals surface area contributed by atoms with E-state index < -0.39 is 0 Å². The Morgan fingerprint density at radius 2 is 2.12 bits per heavy atom. The molecule has 96 valence electrons. The molecule has 2 saturated heterocycles. The SMILES string of the molecule is CN1C(=O)CC(NC2CCOC(C)(C)C2)C1=O. The molecule has 2 aliphatic rings. The summed E-state index contributed by atoms with van der Waals surface area (Å²) in [5.74, 6) is -0.210. The van der Waals surface area contributed by atoms with Crippen LogP contribution in [0.25, 0.3) is 0 Å². The lowest BCUT2D eigenvalue weighted by molar-refractivity contribution is -0.137. The topological polar surface area (TPSA) is 58.6 Å². The first-order valence-electron chi connectivity index (χ1n) is 6.09. The third-order valence-corrected chi connectivity index (χ3v) is 3.52. The lowest BCUT2D eigenvalue weighted by Crippen LogP contribution is -2.49. The van der Waals surface area contributed by atoms with Crippen LogP contribution in [0.15, 0.2) is 0 Å². The van der Waals surface area contributed by atoms with Crippen LogP contribution < -0.4 is 5.32 Å². The molecule has 1 N–H and O–H groups in total. The highest BCUT2D eigenvalue weighted by Gasteiger charge is 2.38. The zero-order valence-electron chi connectivity index (χ0n) is 10.7. The molecule has 17 heavy (non-hydrogen) atoms. The lowest BCUT2D eigenvalue weighted by atomic mass is 9.93. The number of carbonyl (C=O) groups excluding carboxylic acids is 2. The van der Waals surface area contributed by atoms with Crippen molar-refractivity contribution in [2.75, 3.05) is 13.7 Å². The lowest BCUT2D eigenvalue weighted by Gasteiger charge is -2.36. The average molecular weight is 240 g/mol. The van der Waals surface area contributed by atoms with Crippen LogP contribution in [0.5, 0.6) is 0 Å². The van der Waals surface area contributed by atoms with E-state index in [-0.39, 0.29) is 35.9 Å². The molecule has 0 bridgehead atoms. The second kappa shape index (κ2) is 4.38. The Hall–Kier alpha value is -0.940. The zero-order chi connectivity index (χ0) is 12.6. The van der Waals surface area contributed by atoms with E-state index in [1.165, 1.54) is 4.90 Å². The second-order valence-corrected chi connectivity index (χ2v) is 5.51. The number of hydrogen-bond donors (Lipinski definition) is 1. The number of amides is 2. The minimum absolute atomic E-state index is 0.0983. The van der Waals surface area contributed by atoms with Crippen molar-refractivity contribution in [1.29, 1.82) is 0 Å². The molecule has 2 atom stereocenters. The number of carbonyl (C=O) groups is 2. The fourth-order valence-electron chi connectivity index (χ4n) is 2.54. The van der Waals surface area contributed by atoms with Gasteiger partial charge in [0.15, 0.2) is 0 Å². The van der Waals surface area contributed by atoms with Crippen LogP contribution in [0.4, 0.5) is 0 Å². The van der Waals surface area contributed by atoms with Gasteiger partial charge in [-0.3, -0.25) is 14.5 Å². The summed E-state index contributed by atoms with van der Waals surface area (Å²) in [5, 5.41) is 3.29. The van der Waals surface area contributed by atoms with Crippen molar-refractivity contribution in [3.63, 3.8) is 0 Å². The van der Waals surface area contributed by atoms with Gasteiger partial charge in [-0.15, -0.1) is 0 Å². The van der Waals surface area contributed by atoms with E-state index >= 15 is 0 Å². The molecular weight excluding hydrogens is 220 g/mol. The van der Waals surface area contributed by atoms with Crippen LogP contribution in [0.3, 0.4) is 0 Å². The number of ether oxygens (including phenoxy) is 1. The quantitative estimate of drug-likeness (QED) is 0.705. The molecule has 0 aromatic heterocycles. The zero-order valence-corrected chi connectivity index (χ0v) is 10.7.